The van der Waals surface area contributed by atoms with Crippen molar-refractivity contribution in [1.29, 1.82) is 0 Å². The zero-order valence-corrected chi connectivity index (χ0v) is 17.9. The molecule has 2 aromatic heterocycles. The summed E-state index contributed by atoms with van der Waals surface area (Å²) in [6.07, 6.45) is -0.593. The molecule has 1 aliphatic heterocycles. The molecule has 0 spiro atoms. The van der Waals surface area contributed by atoms with Gasteiger partial charge in [-0.3, -0.25) is 4.57 Å². The second kappa shape index (κ2) is 7.94. The molecule has 1 aliphatic rings. The molecule has 3 rings (SSSR count). The summed E-state index contributed by atoms with van der Waals surface area (Å²) >= 11 is 0. The van der Waals surface area contributed by atoms with Crippen molar-refractivity contribution in [1.82, 2.24) is 14.5 Å². The number of rotatable bonds is 7. The van der Waals surface area contributed by atoms with E-state index in [1.54, 1.807) is 37.6 Å². The van der Waals surface area contributed by atoms with Crippen LogP contribution in [-0.4, -0.2) is 59.2 Å². The van der Waals surface area contributed by atoms with Crippen molar-refractivity contribution < 1.29 is 28.9 Å². The van der Waals surface area contributed by atoms with E-state index in [4.69, 9.17) is 15.0 Å². The number of hydrogen-bond acceptors (Lipinski definition) is 8. The van der Waals surface area contributed by atoms with Gasteiger partial charge in [-0.2, -0.15) is 0 Å². The average Bonchev–Trinajstić information content (AvgIpc) is 3.19. The molecule has 1 saturated heterocycles. The SMILES string of the molecule is CCC(C)(CC1OC(n2ccc3c(N)ncnc32)C(O)C1O)OP(=O)(O)C(C)C. The Bertz CT molecular complexity index is 921. The van der Waals surface area contributed by atoms with Gasteiger partial charge >= 0.3 is 7.60 Å². The highest BCUT2D eigenvalue weighted by atomic mass is 31.2. The summed E-state index contributed by atoms with van der Waals surface area (Å²) in [5, 5.41) is 21.8. The minimum Gasteiger partial charge on any atom is -0.388 e. The van der Waals surface area contributed by atoms with Gasteiger partial charge in [-0.1, -0.05) is 20.8 Å². The first-order valence-corrected chi connectivity index (χ1v) is 11.3. The summed E-state index contributed by atoms with van der Waals surface area (Å²) in [6.45, 7) is 6.76. The molecule has 0 aliphatic carbocycles. The van der Waals surface area contributed by atoms with E-state index in [2.05, 4.69) is 9.97 Å². The Morgan fingerprint density at radius 3 is 2.69 bits per heavy atom. The van der Waals surface area contributed by atoms with Gasteiger partial charge in [0.15, 0.2) is 6.23 Å². The highest BCUT2D eigenvalue weighted by Crippen LogP contribution is 2.52. The lowest BCUT2D eigenvalue weighted by molar-refractivity contribution is -0.0651. The van der Waals surface area contributed by atoms with Crippen molar-refractivity contribution in [3.05, 3.63) is 18.6 Å². The van der Waals surface area contributed by atoms with Crippen LogP contribution in [-0.2, 0) is 13.8 Å². The van der Waals surface area contributed by atoms with Crippen molar-refractivity contribution in [2.45, 2.75) is 76.3 Å². The van der Waals surface area contributed by atoms with Gasteiger partial charge in [0.05, 0.1) is 22.8 Å². The van der Waals surface area contributed by atoms with E-state index in [0.717, 1.165) is 0 Å². The fourth-order valence-electron chi connectivity index (χ4n) is 3.42. The van der Waals surface area contributed by atoms with Crippen LogP contribution in [0.5, 0.6) is 0 Å². The van der Waals surface area contributed by atoms with Crippen LogP contribution in [0.1, 0.15) is 46.8 Å². The molecule has 11 heteroatoms. The molecule has 3 heterocycles. The second-order valence-electron chi connectivity index (χ2n) is 8.02. The fourth-order valence-corrected chi connectivity index (χ4v) is 4.46. The third-order valence-corrected chi connectivity index (χ3v) is 7.54. The van der Waals surface area contributed by atoms with Crippen LogP contribution in [0.15, 0.2) is 18.6 Å². The molecule has 2 aromatic rings. The van der Waals surface area contributed by atoms with E-state index in [1.165, 1.54) is 6.33 Å². The molecule has 6 atom stereocenters. The molecule has 0 aromatic carbocycles. The van der Waals surface area contributed by atoms with Crippen molar-refractivity contribution in [3.8, 4) is 0 Å². The largest absolute Gasteiger partial charge is 0.388 e. The number of aromatic nitrogens is 3. The van der Waals surface area contributed by atoms with E-state index in [9.17, 15) is 19.7 Å². The topological polar surface area (TPSA) is 153 Å². The van der Waals surface area contributed by atoms with Gasteiger partial charge in [-0.25, -0.2) is 9.97 Å². The maximum Gasteiger partial charge on any atom is 0.331 e. The molecular weight excluding hydrogens is 399 g/mol. The fraction of sp³-hybridized carbons (Fsp3) is 0.667. The number of ether oxygens (including phenoxy) is 1. The van der Waals surface area contributed by atoms with Crippen LogP contribution in [0.4, 0.5) is 5.82 Å². The number of nitrogens with zero attached hydrogens (tertiary/aromatic N) is 3. The zero-order valence-electron chi connectivity index (χ0n) is 17.0. The number of aliphatic hydroxyl groups is 2. The molecule has 5 N–H and O–H groups in total. The summed E-state index contributed by atoms with van der Waals surface area (Å²) in [6, 6.07) is 1.71. The Kier molecular flexibility index (Phi) is 6.06. The normalized spacial score (nSPS) is 29.2. The molecule has 0 saturated carbocycles. The lowest BCUT2D eigenvalue weighted by Gasteiger charge is -2.34. The van der Waals surface area contributed by atoms with E-state index in [-0.39, 0.29) is 6.42 Å². The summed E-state index contributed by atoms with van der Waals surface area (Å²) in [4.78, 5) is 18.3. The Balaban J connectivity index is 1.83. The first-order chi connectivity index (χ1) is 13.5. The Hall–Kier alpha value is -1.55. The third-order valence-electron chi connectivity index (χ3n) is 5.54. The number of hydrogen-bond donors (Lipinski definition) is 4. The first kappa shape index (κ1) is 22.1. The van der Waals surface area contributed by atoms with E-state index in [0.29, 0.717) is 23.3 Å². The third kappa shape index (κ3) is 4.19. The van der Waals surface area contributed by atoms with Gasteiger partial charge in [-0.05, 0) is 19.4 Å². The predicted octanol–water partition coefficient (Wildman–Crippen LogP) is 1.80. The Labute approximate surface area is 169 Å². The summed E-state index contributed by atoms with van der Waals surface area (Å²) in [5.41, 5.74) is 4.76. The maximum atomic E-state index is 12.4. The minimum absolute atomic E-state index is 0.131. The number of nitrogens with two attached hydrogens (primary N) is 1. The molecule has 10 nitrogen and oxygen atoms in total. The molecular formula is C18H29N4O6P. The number of aliphatic hydroxyl groups excluding tert-OH is 2. The van der Waals surface area contributed by atoms with Gasteiger partial charge in [0.25, 0.3) is 0 Å². The van der Waals surface area contributed by atoms with Crippen molar-refractivity contribution in [3.63, 3.8) is 0 Å². The minimum atomic E-state index is -3.83. The molecule has 0 bridgehead atoms. The van der Waals surface area contributed by atoms with Crippen molar-refractivity contribution in [2.75, 3.05) is 5.73 Å². The lowest BCUT2D eigenvalue weighted by Crippen LogP contribution is -2.38. The van der Waals surface area contributed by atoms with Crippen LogP contribution >= 0.6 is 7.60 Å². The Morgan fingerprint density at radius 2 is 2.07 bits per heavy atom. The number of fused-ring (bicyclic) bond motifs is 1. The van der Waals surface area contributed by atoms with E-state index in [1.807, 2.05) is 6.92 Å². The van der Waals surface area contributed by atoms with Crippen LogP contribution in [0.3, 0.4) is 0 Å². The van der Waals surface area contributed by atoms with Gasteiger partial charge in [0.2, 0.25) is 0 Å². The van der Waals surface area contributed by atoms with Crippen LogP contribution in [0, 0.1) is 0 Å². The second-order valence-corrected chi connectivity index (χ2v) is 10.4. The van der Waals surface area contributed by atoms with Gasteiger partial charge in [-0.15, -0.1) is 0 Å². The monoisotopic (exact) mass is 428 g/mol. The molecule has 29 heavy (non-hydrogen) atoms. The summed E-state index contributed by atoms with van der Waals surface area (Å²) in [7, 11) is -3.83. The summed E-state index contributed by atoms with van der Waals surface area (Å²) in [5.74, 6) is 0.303. The van der Waals surface area contributed by atoms with Crippen LogP contribution in [0.25, 0.3) is 11.0 Å². The molecule has 0 radical (unpaired) electrons. The van der Waals surface area contributed by atoms with Gasteiger partial charge in [0.1, 0.15) is 30.0 Å². The van der Waals surface area contributed by atoms with E-state index >= 15 is 0 Å². The first-order valence-electron chi connectivity index (χ1n) is 9.61. The van der Waals surface area contributed by atoms with Crippen molar-refractivity contribution >= 4 is 24.4 Å². The lowest BCUT2D eigenvalue weighted by atomic mass is 9.93. The summed E-state index contributed by atoms with van der Waals surface area (Å²) < 4.78 is 25.5. The predicted molar refractivity (Wildman–Crippen MR) is 107 cm³/mol. The zero-order chi connectivity index (χ0) is 21.6. The molecule has 162 valence electrons. The number of anilines is 1. The standard InChI is InChI=1S/C18H29N4O6P/c1-5-18(4,28-29(25,26)10(2)3)8-12-13(23)14(24)17(27-12)22-7-6-11-15(19)20-9-21-16(11)22/h6-7,9-10,12-14,17,23-24H,5,8H2,1-4H3,(H,25,26)(H2,19,20,21). The van der Waals surface area contributed by atoms with Crippen LogP contribution in [0.2, 0.25) is 0 Å². The Morgan fingerprint density at radius 1 is 1.38 bits per heavy atom. The smallest absolute Gasteiger partial charge is 0.331 e. The molecule has 6 unspecified atom stereocenters. The highest BCUT2D eigenvalue weighted by molar-refractivity contribution is 7.53. The molecule has 1 fully saturated rings. The quantitative estimate of drug-likeness (QED) is 0.483. The highest BCUT2D eigenvalue weighted by Gasteiger charge is 2.48. The maximum absolute atomic E-state index is 12.4. The van der Waals surface area contributed by atoms with Gasteiger partial charge < -0.3 is 34.7 Å². The van der Waals surface area contributed by atoms with Crippen LogP contribution < -0.4 is 5.73 Å². The number of nitrogen functional groups attached to an aromatic ring is 1. The van der Waals surface area contributed by atoms with Crippen molar-refractivity contribution in [2.24, 2.45) is 0 Å². The van der Waals surface area contributed by atoms with E-state index < -0.39 is 43.4 Å². The van der Waals surface area contributed by atoms with Gasteiger partial charge in [0, 0.05) is 12.6 Å². The molecule has 0 amide bonds. The average molecular weight is 428 g/mol.